The van der Waals surface area contributed by atoms with Crippen molar-refractivity contribution in [1.82, 2.24) is 4.90 Å². The molecule has 1 aliphatic heterocycles. The number of rotatable bonds is 8. The van der Waals surface area contributed by atoms with Crippen LogP contribution in [0.15, 0.2) is 41.3 Å². The van der Waals surface area contributed by atoms with Crippen molar-refractivity contribution in [2.24, 2.45) is 0 Å². The van der Waals surface area contributed by atoms with Crippen molar-refractivity contribution in [3.05, 3.63) is 56.9 Å². The minimum atomic E-state index is -0.367. The molecule has 1 saturated heterocycles. The summed E-state index contributed by atoms with van der Waals surface area (Å²) in [5.41, 5.74) is 1.27. The van der Waals surface area contributed by atoms with E-state index >= 15 is 0 Å². The van der Waals surface area contributed by atoms with Crippen molar-refractivity contribution in [1.29, 1.82) is 0 Å². The van der Waals surface area contributed by atoms with Crippen LogP contribution in [-0.2, 0) is 9.59 Å². The Labute approximate surface area is 205 Å². The number of nitrogens with one attached hydrogen (secondary N) is 1. The van der Waals surface area contributed by atoms with Crippen LogP contribution in [0.25, 0.3) is 6.08 Å². The third-order valence-electron chi connectivity index (χ3n) is 4.37. The lowest BCUT2D eigenvalue weighted by atomic mass is 10.2. The summed E-state index contributed by atoms with van der Waals surface area (Å²) < 4.78 is 11.6. The summed E-state index contributed by atoms with van der Waals surface area (Å²) in [6.45, 7) is 2.37. The van der Waals surface area contributed by atoms with Crippen LogP contribution in [0, 0.1) is 0 Å². The number of anilines is 1. The Bertz CT molecular complexity index is 1090. The van der Waals surface area contributed by atoms with E-state index in [9.17, 15) is 9.59 Å². The molecular formula is C22H20Cl2N2O4S2. The van der Waals surface area contributed by atoms with Crippen molar-refractivity contribution < 1.29 is 19.1 Å². The van der Waals surface area contributed by atoms with Crippen LogP contribution >= 0.6 is 47.2 Å². The minimum absolute atomic E-state index is 0.0971. The largest absolute Gasteiger partial charge is 0.493 e. The van der Waals surface area contributed by atoms with Crippen LogP contribution in [0.3, 0.4) is 0 Å². The average Bonchev–Trinajstić information content (AvgIpc) is 3.03. The van der Waals surface area contributed by atoms with Gasteiger partial charge in [0.2, 0.25) is 0 Å². The lowest BCUT2D eigenvalue weighted by Crippen LogP contribution is -2.28. The van der Waals surface area contributed by atoms with Crippen molar-refractivity contribution in [2.75, 3.05) is 25.6 Å². The standard InChI is InChI=1S/C22H20Cl2N2O4S2/c1-3-8-26-21(28)19(32-22(26)31)10-13-4-7-17(18(9-13)29-2)30-12-20(27)25-14-5-6-15(23)16(24)11-14/h4-7,9-11H,3,8,12H2,1-2H3,(H,25,27)/b19-10-. The second-order valence-electron chi connectivity index (χ2n) is 6.71. The second-order valence-corrected chi connectivity index (χ2v) is 9.20. The zero-order valence-electron chi connectivity index (χ0n) is 17.3. The van der Waals surface area contributed by atoms with E-state index in [1.165, 1.54) is 18.9 Å². The van der Waals surface area contributed by atoms with Crippen LogP contribution in [0.5, 0.6) is 11.5 Å². The normalized spacial score (nSPS) is 14.8. The van der Waals surface area contributed by atoms with Gasteiger partial charge in [0.05, 0.1) is 22.1 Å². The van der Waals surface area contributed by atoms with Crippen molar-refractivity contribution >= 4 is 75.1 Å². The van der Waals surface area contributed by atoms with Gasteiger partial charge in [-0.1, -0.05) is 60.2 Å². The number of nitrogens with zero attached hydrogens (tertiary/aromatic N) is 1. The van der Waals surface area contributed by atoms with Crippen molar-refractivity contribution in [3.63, 3.8) is 0 Å². The molecule has 2 amide bonds. The minimum Gasteiger partial charge on any atom is -0.493 e. The molecule has 0 bridgehead atoms. The number of amides is 2. The Kier molecular flexibility index (Phi) is 8.42. The van der Waals surface area contributed by atoms with Gasteiger partial charge >= 0.3 is 0 Å². The fraction of sp³-hybridized carbons (Fsp3) is 0.227. The maximum Gasteiger partial charge on any atom is 0.266 e. The van der Waals surface area contributed by atoms with E-state index in [1.54, 1.807) is 47.4 Å². The molecule has 2 aromatic carbocycles. The van der Waals surface area contributed by atoms with Gasteiger partial charge < -0.3 is 14.8 Å². The third-order valence-corrected chi connectivity index (χ3v) is 6.49. The van der Waals surface area contributed by atoms with Gasteiger partial charge in [-0.2, -0.15) is 0 Å². The van der Waals surface area contributed by atoms with E-state index in [4.69, 9.17) is 44.9 Å². The first-order valence-corrected chi connectivity index (χ1v) is 11.6. The molecule has 0 saturated carbocycles. The van der Waals surface area contributed by atoms with Crippen LogP contribution in [-0.4, -0.2) is 41.3 Å². The van der Waals surface area contributed by atoms with Crippen LogP contribution < -0.4 is 14.8 Å². The Hall–Kier alpha value is -2.26. The van der Waals surface area contributed by atoms with Gasteiger partial charge in [-0.3, -0.25) is 14.5 Å². The number of benzene rings is 2. The van der Waals surface area contributed by atoms with E-state index in [-0.39, 0.29) is 18.4 Å². The number of ether oxygens (including phenoxy) is 2. The molecule has 2 aromatic rings. The molecule has 10 heteroatoms. The number of carbonyl (C=O) groups is 2. The number of hydrogen-bond donors (Lipinski definition) is 1. The highest BCUT2D eigenvalue weighted by molar-refractivity contribution is 8.26. The summed E-state index contributed by atoms with van der Waals surface area (Å²) >= 11 is 18.4. The second kappa shape index (κ2) is 11.0. The maximum atomic E-state index is 12.5. The van der Waals surface area contributed by atoms with E-state index in [1.807, 2.05) is 6.92 Å². The SMILES string of the molecule is CCCN1C(=O)/C(=C/c2ccc(OCC(=O)Nc3ccc(Cl)c(Cl)c3)c(OC)c2)SC1=S. The number of carbonyl (C=O) groups excluding carboxylic acids is 2. The smallest absolute Gasteiger partial charge is 0.266 e. The average molecular weight is 511 g/mol. The number of halogens is 2. The zero-order chi connectivity index (χ0) is 23.3. The first-order chi connectivity index (χ1) is 15.3. The van der Waals surface area contributed by atoms with Crippen LogP contribution in [0.2, 0.25) is 10.0 Å². The number of thioether (sulfide) groups is 1. The van der Waals surface area contributed by atoms with Crippen LogP contribution in [0.4, 0.5) is 5.69 Å². The zero-order valence-corrected chi connectivity index (χ0v) is 20.5. The first-order valence-electron chi connectivity index (χ1n) is 9.63. The fourth-order valence-corrected chi connectivity index (χ4v) is 4.48. The topological polar surface area (TPSA) is 67.9 Å². The molecule has 6 nitrogen and oxygen atoms in total. The molecule has 1 fully saturated rings. The molecule has 0 radical (unpaired) electrons. The van der Waals surface area contributed by atoms with Crippen molar-refractivity contribution in [2.45, 2.75) is 13.3 Å². The van der Waals surface area contributed by atoms with E-state index in [0.29, 0.717) is 43.0 Å². The van der Waals surface area contributed by atoms with Gasteiger partial charge in [0.25, 0.3) is 11.8 Å². The molecule has 1 N–H and O–H groups in total. The quantitative estimate of drug-likeness (QED) is 0.366. The highest BCUT2D eigenvalue weighted by Gasteiger charge is 2.31. The number of methoxy groups -OCH3 is 1. The maximum absolute atomic E-state index is 12.5. The Morgan fingerprint density at radius 3 is 2.66 bits per heavy atom. The number of thiocarbonyl (C=S) groups is 1. The lowest BCUT2D eigenvalue weighted by Gasteiger charge is -2.12. The molecule has 1 aliphatic rings. The lowest BCUT2D eigenvalue weighted by molar-refractivity contribution is -0.122. The summed E-state index contributed by atoms with van der Waals surface area (Å²) in [5.74, 6) is 0.367. The monoisotopic (exact) mass is 510 g/mol. The van der Waals surface area contributed by atoms with Gasteiger partial charge in [-0.05, 0) is 48.4 Å². The number of hydrogen-bond acceptors (Lipinski definition) is 6. The van der Waals surface area contributed by atoms with E-state index in [2.05, 4.69) is 5.32 Å². The predicted molar refractivity (Wildman–Crippen MR) is 134 cm³/mol. The van der Waals surface area contributed by atoms with Crippen LogP contribution in [0.1, 0.15) is 18.9 Å². The van der Waals surface area contributed by atoms with Gasteiger partial charge in [0.15, 0.2) is 18.1 Å². The predicted octanol–water partition coefficient (Wildman–Crippen LogP) is 5.63. The highest BCUT2D eigenvalue weighted by atomic mass is 35.5. The van der Waals surface area contributed by atoms with E-state index in [0.717, 1.165) is 12.0 Å². The molecule has 0 aromatic heterocycles. The summed E-state index contributed by atoms with van der Waals surface area (Å²) in [4.78, 5) is 26.9. The molecule has 168 valence electrons. The fourth-order valence-electron chi connectivity index (χ4n) is 2.88. The van der Waals surface area contributed by atoms with Gasteiger partial charge in [0.1, 0.15) is 4.32 Å². The Morgan fingerprint density at radius 2 is 1.97 bits per heavy atom. The summed E-state index contributed by atoms with van der Waals surface area (Å²) in [5, 5.41) is 3.43. The van der Waals surface area contributed by atoms with E-state index < -0.39 is 0 Å². The Morgan fingerprint density at radius 1 is 1.19 bits per heavy atom. The van der Waals surface area contributed by atoms with Gasteiger partial charge in [-0.15, -0.1) is 0 Å². The molecule has 0 atom stereocenters. The highest BCUT2D eigenvalue weighted by Crippen LogP contribution is 2.35. The van der Waals surface area contributed by atoms with Gasteiger partial charge in [0, 0.05) is 12.2 Å². The molecule has 32 heavy (non-hydrogen) atoms. The first kappa shape index (κ1) is 24.4. The molecule has 1 heterocycles. The molecular weight excluding hydrogens is 491 g/mol. The summed E-state index contributed by atoms with van der Waals surface area (Å²) in [7, 11) is 1.50. The summed E-state index contributed by atoms with van der Waals surface area (Å²) in [6.07, 6.45) is 2.59. The molecule has 0 spiro atoms. The molecule has 0 unspecified atom stereocenters. The third kappa shape index (κ3) is 5.95. The van der Waals surface area contributed by atoms with Gasteiger partial charge in [-0.25, -0.2) is 0 Å². The summed E-state index contributed by atoms with van der Waals surface area (Å²) in [6, 6.07) is 9.99. The van der Waals surface area contributed by atoms with Crippen molar-refractivity contribution in [3.8, 4) is 11.5 Å². The molecule has 3 rings (SSSR count). The Balaban J connectivity index is 1.66. The molecule has 0 aliphatic carbocycles.